The number of hydrogen-bond donors (Lipinski definition) is 3. The van der Waals surface area contributed by atoms with Gasteiger partial charge < -0.3 is 15.2 Å². The van der Waals surface area contributed by atoms with Crippen LogP contribution in [0.3, 0.4) is 0 Å². The standard InChI is InChI=1S/C25H18N4O4/c1-33-23-14-21(28-24(31)12-7-17-5-3-2-4-6-17)10-8-19(23)16-27-29-25(32)18-9-11-22(30)20(13-18)15-26/h2-6,8-11,13-14,16,30H,1H3,(H,28,31)(H,29,32)/b27-16+. The third-order valence-corrected chi connectivity index (χ3v) is 4.33. The first-order valence-corrected chi connectivity index (χ1v) is 9.63. The van der Waals surface area contributed by atoms with E-state index in [0.717, 1.165) is 5.56 Å². The van der Waals surface area contributed by atoms with Crippen molar-refractivity contribution in [3.05, 3.63) is 89.0 Å². The first-order valence-electron chi connectivity index (χ1n) is 9.63. The smallest absolute Gasteiger partial charge is 0.300 e. The van der Waals surface area contributed by atoms with Crippen LogP contribution >= 0.6 is 0 Å². The lowest BCUT2D eigenvalue weighted by molar-refractivity contribution is -0.111. The number of anilines is 1. The summed E-state index contributed by atoms with van der Waals surface area (Å²) in [4.78, 5) is 24.3. The number of carbonyl (C=O) groups is 2. The predicted octanol–water partition coefficient (Wildman–Crippen LogP) is 3.03. The first-order chi connectivity index (χ1) is 16.0. The van der Waals surface area contributed by atoms with Crippen LogP contribution in [0.2, 0.25) is 0 Å². The van der Waals surface area contributed by atoms with E-state index in [9.17, 15) is 14.7 Å². The fourth-order valence-corrected chi connectivity index (χ4v) is 2.70. The largest absolute Gasteiger partial charge is 0.507 e. The monoisotopic (exact) mass is 438 g/mol. The van der Waals surface area contributed by atoms with Gasteiger partial charge in [-0.3, -0.25) is 9.59 Å². The average Bonchev–Trinajstić information content (AvgIpc) is 2.84. The number of phenols is 1. The number of hydrazone groups is 1. The number of methoxy groups -OCH3 is 1. The van der Waals surface area contributed by atoms with E-state index in [0.29, 0.717) is 17.0 Å². The zero-order chi connectivity index (χ0) is 23.6. The van der Waals surface area contributed by atoms with Crippen LogP contribution in [0, 0.1) is 23.2 Å². The van der Waals surface area contributed by atoms with Gasteiger partial charge in [0.15, 0.2) is 0 Å². The summed E-state index contributed by atoms with van der Waals surface area (Å²) in [6.07, 6.45) is 1.38. The molecule has 3 N–H and O–H groups in total. The van der Waals surface area contributed by atoms with Gasteiger partial charge in [0.05, 0.1) is 18.9 Å². The molecule has 0 unspecified atom stereocenters. The molecule has 0 aliphatic carbocycles. The van der Waals surface area contributed by atoms with Gasteiger partial charge in [-0.2, -0.15) is 10.4 Å². The molecule has 0 saturated heterocycles. The average molecular weight is 438 g/mol. The van der Waals surface area contributed by atoms with E-state index in [1.807, 2.05) is 18.2 Å². The van der Waals surface area contributed by atoms with Crippen LogP contribution in [-0.2, 0) is 4.79 Å². The normalized spacial score (nSPS) is 9.94. The van der Waals surface area contributed by atoms with Crippen LogP contribution < -0.4 is 15.5 Å². The quantitative estimate of drug-likeness (QED) is 0.321. The molecule has 2 amide bonds. The van der Waals surface area contributed by atoms with Crippen LogP contribution in [0.5, 0.6) is 11.5 Å². The van der Waals surface area contributed by atoms with Gasteiger partial charge in [-0.15, -0.1) is 0 Å². The summed E-state index contributed by atoms with van der Waals surface area (Å²) in [6, 6.07) is 19.8. The molecule has 162 valence electrons. The van der Waals surface area contributed by atoms with E-state index >= 15 is 0 Å². The van der Waals surface area contributed by atoms with Crippen molar-refractivity contribution >= 4 is 23.7 Å². The maximum absolute atomic E-state index is 12.2. The van der Waals surface area contributed by atoms with Crippen LogP contribution in [0.25, 0.3) is 0 Å². The number of phenolic OH excluding ortho intramolecular Hbond substituents is 1. The molecule has 0 aliphatic rings. The molecule has 0 spiro atoms. The van der Waals surface area contributed by atoms with Crippen molar-refractivity contribution in [3.63, 3.8) is 0 Å². The minimum atomic E-state index is -0.553. The molecule has 0 bridgehead atoms. The van der Waals surface area contributed by atoms with Crippen molar-refractivity contribution in [2.75, 3.05) is 12.4 Å². The highest BCUT2D eigenvalue weighted by molar-refractivity contribution is 6.04. The van der Waals surface area contributed by atoms with Gasteiger partial charge in [-0.05, 0) is 42.5 Å². The molecular formula is C25H18N4O4. The van der Waals surface area contributed by atoms with Gasteiger partial charge >= 0.3 is 5.91 Å². The fraction of sp³-hybridized carbons (Fsp3) is 0.0400. The second-order valence-corrected chi connectivity index (χ2v) is 6.57. The summed E-state index contributed by atoms with van der Waals surface area (Å²) in [5, 5.41) is 25.0. The Balaban J connectivity index is 1.65. The lowest BCUT2D eigenvalue weighted by Crippen LogP contribution is -2.17. The SMILES string of the molecule is COc1cc(NC(=O)C#Cc2ccccc2)ccc1/C=N/NC(=O)c1ccc(O)c(C#N)c1. The predicted molar refractivity (Wildman–Crippen MR) is 123 cm³/mol. The van der Waals surface area contributed by atoms with E-state index < -0.39 is 11.8 Å². The summed E-state index contributed by atoms with van der Waals surface area (Å²) in [5.74, 6) is 4.49. The molecule has 0 radical (unpaired) electrons. The number of carbonyl (C=O) groups excluding carboxylic acids is 2. The minimum absolute atomic E-state index is 0.0145. The Morgan fingerprint density at radius 1 is 1.09 bits per heavy atom. The van der Waals surface area contributed by atoms with E-state index in [-0.39, 0.29) is 16.9 Å². The highest BCUT2D eigenvalue weighted by Crippen LogP contribution is 2.22. The number of ether oxygens (including phenoxy) is 1. The Kier molecular flexibility index (Phi) is 7.40. The topological polar surface area (TPSA) is 124 Å². The molecule has 3 aromatic rings. The molecule has 0 aliphatic heterocycles. The molecular weight excluding hydrogens is 420 g/mol. The summed E-state index contributed by atoms with van der Waals surface area (Å²) in [5.41, 5.74) is 4.26. The molecule has 0 fully saturated rings. The molecule has 0 aromatic heterocycles. The van der Waals surface area contributed by atoms with Crippen molar-refractivity contribution in [3.8, 4) is 29.4 Å². The van der Waals surface area contributed by atoms with Crippen molar-refractivity contribution in [1.82, 2.24) is 5.43 Å². The van der Waals surface area contributed by atoms with E-state index in [2.05, 4.69) is 27.7 Å². The number of rotatable bonds is 5. The zero-order valence-corrected chi connectivity index (χ0v) is 17.5. The van der Waals surface area contributed by atoms with Crippen molar-refractivity contribution < 1.29 is 19.4 Å². The van der Waals surface area contributed by atoms with Crippen LogP contribution in [0.15, 0.2) is 71.8 Å². The number of nitrogens with one attached hydrogen (secondary N) is 2. The minimum Gasteiger partial charge on any atom is -0.507 e. The Hall–Kier alpha value is -5.08. The van der Waals surface area contributed by atoms with Crippen molar-refractivity contribution in [2.24, 2.45) is 5.10 Å². The van der Waals surface area contributed by atoms with Gasteiger partial charge in [0, 0.05) is 34.4 Å². The van der Waals surface area contributed by atoms with E-state index in [1.165, 1.54) is 31.5 Å². The second-order valence-electron chi connectivity index (χ2n) is 6.57. The second kappa shape index (κ2) is 10.8. The molecule has 0 saturated carbocycles. The Morgan fingerprint density at radius 2 is 1.88 bits per heavy atom. The van der Waals surface area contributed by atoms with Crippen molar-refractivity contribution in [2.45, 2.75) is 0 Å². The first kappa shape index (κ1) is 22.6. The molecule has 33 heavy (non-hydrogen) atoms. The maximum Gasteiger partial charge on any atom is 0.300 e. The fourth-order valence-electron chi connectivity index (χ4n) is 2.70. The number of benzene rings is 3. The van der Waals surface area contributed by atoms with Gasteiger partial charge in [0.1, 0.15) is 17.6 Å². The summed E-state index contributed by atoms with van der Waals surface area (Å²) in [7, 11) is 1.46. The van der Waals surface area contributed by atoms with Crippen LogP contribution in [-0.4, -0.2) is 30.2 Å². The molecule has 3 rings (SSSR count). The Labute approximate surface area is 190 Å². The molecule has 8 heteroatoms. The summed E-state index contributed by atoms with van der Waals surface area (Å²) in [6.45, 7) is 0. The number of aromatic hydroxyl groups is 1. The highest BCUT2D eigenvalue weighted by Gasteiger charge is 2.09. The van der Waals surface area contributed by atoms with Gasteiger partial charge in [0.2, 0.25) is 0 Å². The summed E-state index contributed by atoms with van der Waals surface area (Å²) < 4.78 is 5.33. The lowest BCUT2D eigenvalue weighted by Gasteiger charge is -2.08. The highest BCUT2D eigenvalue weighted by atomic mass is 16.5. The van der Waals surface area contributed by atoms with Gasteiger partial charge in [-0.1, -0.05) is 24.1 Å². The van der Waals surface area contributed by atoms with Crippen LogP contribution in [0.4, 0.5) is 5.69 Å². The number of nitriles is 1. The third-order valence-electron chi connectivity index (χ3n) is 4.33. The molecule has 3 aromatic carbocycles. The molecule has 8 nitrogen and oxygen atoms in total. The lowest BCUT2D eigenvalue weighted by atomic mass is 10.1. The number of amides is 2. The van der Waals surface area contributed by atoms with Crippen molar-refractivity contribution in [1.29, 1.82) is 5.26 Å². The van der Waals surface area contributed by atoms with Gasteiger partial charge in [0.25, 0.3) is 5.91 Å². The van der Waals surface area contributed by atoms with Crippen LogP contribution in [0.1, 0.15) is 27.0 Å². The third kappa shape index (κ3) is 6.20. The number of nitrogens with zero attached hydrogens (tertiary/aromatic N) is 2. The summed E-state index contributed by atoms with van der Waals surface area (Å²) >= 11 is 0. The zero-order valence-electron chi connectivity index (χ0n) is 17.5. The maximum atomic E-state index is 12.2. The Bertz CT molecular complexity index is 1320. The number of hydrogen-bond acceptors (Lipinski definition) is 6. The molecule has 0 atom stereocenters. The Morgan fingerprint density at radius 3 is 2.61 bits per heavy atom. The van der Waals surface area contributed by atoms with E-state index in [1.54, 1.807) is 36.4 Å². The molecule has 0 heterocycles. The van der Waals surface area contributed by atoms with Gasteiger partial charge in [-0.25, -0.2) is 5.43 Å². The van der Waals surface area contributed by atoms with E-state index in [4.69, 9.17) is 10.00 Å².